The van der Waals surface area contributed by atoms with Crippen LogP contribution in [-0.2, 0) is 4.79 Å². The average Bonchev–Trinajstić information content (AvgIpc) is 2.47. The van der Waals surface area contributed by atoms with Gasteiger partial charge in [0.15, 0.2) is 0 Å². The molecule has 0 saturated heterocycles. The summed E-state index contributed by atoms with van der Waals surface area (Å²) in [5.74, 6) is -0.308. The van der Waals surface area contributed by atoms with Crippen molar-refractivity contribution in [3.63, 3.8) is 0 Å². The van der Waals surface area contributed by atoms with Crippen molar-refractivity contribution in [1.82, 2.24) is 10.2 Å². The standard InChI is InChI=1S/C16H22N2O3/c19-11-5-10-18(14-8-4-9-14)15(20)12-17-16(21)13-6-2-1-3-7-13/h1-3,6-7,14,19H,4-5,8-12H2,(H,17,21). The number of hydrogen-bond donors (Lipinski definition) is 2. The minimum Gasteiger partial charge on any atom is -0.396 e. The number of carbonyl (C=O) groups excluding carboxylic acids is 2. The third kappa shape index (κ3) is 4.29. The predicted octanol–water partition coefficient (Wildman–Crippen LogP) is 1.18. The van der Waals surface area contributed by atoms with E-state index < -0.39 is 0 Å². The Morgan fingerprint density at radius 3 is 2.52 bits per heavy atom. The molecule has 1 aliphatic rings. The van der Waals surface area contributed by atoms with Crippen molar-refractivity contribution < 1.29 is 14.7 Å². The van der Waals surface area contributed by atoms with E-state index in [1.165, 1.54) is 0 Å². The maximum atomic E-state index is 12.2. The van der Waals surface area contributed by atoms with Gasteiger partial charge >= 0.3 is 0 Å². The highest BCUT2D eigenvalue weighted by Gasteiger charge is 2.28. The molecule has 0 bridgehead atoms. The lowest BCUT2D eigenvalue weighted by atomic mass is 9.91. The molecule has 0 heterocycles. The van der Waals surface area contributed by atoms with Gasteiger partial charge in [-0.2, -0.15) is 0 Å². The maximum Gasteiger partial charge on any atom is 0.251 e. The first-order chi connectivity index (χ1) is 10.2. The van der Waals surface area contributed by atoms with Gasteiger partial charge in [0.2, 0.25) is 5.91 Å². The molecular weight excluding hydrogens is 268 g/mol. The highest BCUT2D eigenvalue weighted by atomic mass is 16.3. The number of benzene rings is 1. The second-order valence-electron chi connectivity index (χ2n) is 5.30. The Bertz CT molecular complexity index is 472. The monoisotopic (exact) mass is 290 g/mol. The number of aliphatic hydroxyl groups is 1. The molecule has 0 aliphatic heterocycles. The Morgan fingerprint density at radius 1 is 1.24 bits per heavy atom. The molecule has 5 nitrogen and oxygen atoms in total. The Labute approximate surface area is 125 Å². The van der Waals surface area contributed by atoms with Gasteiger partial charge < -0.3 is 15.3 Å². The van der Waals surface area contributed by atoms with Crippen LogP contribution in [0, 0.1) is 0 Å². The first-order valence-electron chi connectivity index (χ1n) is 7.46. The fourth-order valence-electron chi connectivity index (χ4n) is 2.40. The molecular formula is C16H22N2O3. The fourth-order valence-corrected chi connectivity index (χ4v) is 2.40. The molecule has 1 aromatic rings. The van der Waals surface area contributed by atoms with Gasteiger partial charge in [-0.05, 0) is 37.8 Å². The van der Waals surface area contributed by atoms with Crippen molar-refractivity contribution in [2.75, 3.05) is 19.7 Å². The van der Waals surface area contributed by atoms with Crippen molar-refractivity contribution >= 4 is 11.8 Å². The fraction of sp³-hybridized carbons (Fsp3) is 0.500. The highest BCUT2D eigenvalue weighted by molar-refractivity contribution is 5.96. The normalized spacial score (nSPS) is 14.3. The van der Waals surface area contributed by atoms with Gasteiger partial charge in [0.25, 0.3) is 5.91 Å². The van der Waals surface area contributed by atoms with Crippen molar-refractivity contribution in [3.8, 4) is 0 Å². The van der Waals surface area contributed by atoms with Crippen LogP contribution in [0.5, 0.6) is 0 Å². The average molecular weight is 290 g/mol. The van der Waals surface area contributed by atoms with Gasteiger partial charge in [0.05, 0.1) is 6.54 Å². The third-order valence-corrected chi connectivity index (χ3v) is 3.83. The maximum absolute atomic E-state index is 12.2. The SMILES string of the molecule is O=C(NCC(=O)N(CCCO)C1CCC1)c1ccccc1. The van der Waals surface area contributed by atoms with Crippen LogP contribution in [0.2, 0.25) is 0 Å². The minimum absolute atomic E-state index is 0.00958. The quantitative estimate of drug-likeness (QED) is 0.792. The van der Waals surface area contributed by atoms with Gasteiger partial charge in [0.1, 0.15) is 0 Å². The zero-order valence-corrected chi connectivity index (χ0v) is 12.1. The van der Waals surface area contributed by atoms with E-state index in [9.17, 15) is 9.59 Å². The Kier molecular flexibility index (Phi) is 5.75. The van der Waals surface area contributed by atoms with Crippen molar-refractivity contribution in [2.45, 2.75) is 31.7 Å². The molecule has 0 radical (unpaired) electrons. The topological polar surface area (TPSA) is 69.6 Å². The second-order valence-corrected chi connectivity index (χ2v) is 5.30. The van der Waals surface area contributed by atoms with Crippen molar-refractivity contribution in [2.24, 2.45) is 0 Å². The number of hydrogen-bond acceptors (Lipinski definition) is 3. The lowest BCUT2D eigenvalue weighted by molar-refractivity contribution is -0.134. The van der Waals surface area contributed by atoms with Crippen LogP contribution < -0.4 is 5.32 Å². The number of carbonyl (C=O) groups is 2. The molecule has 1 fully saturated rings. The summed E-state index contributed by atoms with van der Waals surface area (Å²) in [6.07, 6.45) is 3.76. The van der Waals surface area contributed by atoms with Gasteiger partial charge in [-0.15, -0.1) is 0 Å². The number of rotatable bonds is 7. The predicted molar refractivity (Wildman–Crippen MR) is 79.8 cm³/mol. The van der Waals surface area contributed by atoms with E-state index in [1.807, 2.05) is 6.07 Å². The van der Waals surface area contributed by atoms with E-state index in [4.69, 9.17) is 5.11 Å². The lowest BCUT2D eigenvalue weighted by Crippen LogP contribution is -2.48. The summed E-state index contributed by atoms with van der Waals surface area (Å²) in [7, 11) is 0. The van der Waals surface area contributed by atoms with E-state index in [2.05, 4.69) is 5.32 Å². The molecule has 0 spiro atoms. The van der Waals surface area contributed by atoms with Gasteiger partial charge in [0, 0.05) is 24.8 Å². The number of nitrogens with zero attached hydrogens (tertiary/aromatic N) is 1. The summed E-state index contributed by atoms with van der Waals surface area (Å²) in [6.45, 7) is 0.643. The van der Waals surface area contributed by atoms with E-state index in [0.29, 0.717) is 18.5 Å². The van der Waals surface area contributed by atoms with Crippen LogP contribution in [0.4, 0.5) is 0 Å². The summed E-state index contributed by atoms with van der Waals surface area (Å²) in [5, 5.41) is 11.6. The second kappa shape index (κ2) is 7.78. The van der Waals surface area contributed by atoms with Gasteiger partial charge in [-0.3, -0.25) is 9.59 Å². The van der Waals surface area contributed by atoms with E-state index in [0.717, 1.165) is 19.3 Å². The number of aliphatic hydroxyl groups excluding tert-OH is 1. The molecule has 0 aromatic heterocycles. The first kappa shape index (κ1) is 15.5. The summed E-state index contributed by atoms with van der Waals surface area (Å²) in [4.78, 5) is 26.0. The molecule has 2 N–H and O–H groups in total. The minimum atomic E-state index is -0.236. The van der Waals surface area contributed by atoms with E-state index in [1.54, 1.807) is 29.2 Å². The van der Waals surface area contributed by atoms with Crippen LogP contribution in [0.15, 0.2) is 30.3 Å². The smallest absolute Gasteiger partial charge is 0.251 e. The molecule has 0 unspecified atom stereocenters. The molecule has 1 saturated carbocycles. The zero-order chi connectivity index (χ0) is 15.1. The Balaban J connectivity index is 1.85. The van der Waals surface area contributed by atoms with Crippen LogP contribution >= 0.6 is 0 Å². The summed E-state index contributed by atoms with van der Waals surface area (Å²) in [6, 6.07) is 9.13. The van der Waals surface area contributed by atoms with E-state index >= 15 is 0 Å². The Hall–Kier alpha value is -1.88. The molecule has 21 heavy (non-hydrogen) atoms. The highest BCUT2D eigenvalue weighted by Crippen LogP contribution is 2.24. The molecule has 0 atom stereocenters. The third-order valence-electron chi connectivity index (χ3n) is 3.83. The largest absolute Gasteiger partial charge is 0.396 e. The molecule has 2 amide bonds. The molecule has 114 valence electrons. The van der Waals surface area contributed by atoms with Crippen molar-refractivity contribution in [1.29, 1.82) is 0 Å². The summed E-state index contributed by atoms with van der Waals surface area (Å²) in [5.41, 5.74) is 0.552. The van der Waals surface area contributed by atoms with Crippen LogP contribution in [0.25, 0.3) is 0 Å². The molecule has 5 heteroatoms. The first-order valence-corrected chi connectivity index (χ1v) is 7.46. The Morgan fingerprint density at radius 2 is 1.95 bits per heavy atom. The summed E-state index contributed by atoms with van der Waals surface area (Å²) < 4.78 is 0. The lowest BCUT2D eigenvalue weighted by Gasteiger charge is -2.37. The van der Waals surface area contributed by atoms with Crippen LogP contribution in [-0.4, -0.2) is 47.6 Å². The van der Waals surface area contributed by atoms with Gasteiger partial charge in [-0.1, -0.05) is 18.2 Å². The van der Waals surface area contributed by atoms with E-state index in [-0.39, 0.29) is 31.0 Å². The molecule has 1 aliphatic carbocycles. The van der Waals surface area contributed by atoms with Crippen LogP contribution in [0.1, 0.15) is 36.0 Å². The number of nitrogens with one attached hydrogen (secondary N) is 1. The summed E-state index contributed by atoms with van der Waals surface area (Å²) >= 11 is 0. The number of amides is 2. The molecule has 1 aromatic carbocycles. The van der Waals surface area contributed by atoms with Gasteiger partial charge in [-0.25, -0.2) is 0 Å². The molecule has 2 rings (SSSR count). The zero-order valence-electron chi connectivity index (χ0n) is 12.1. The van der Waals surface area contributed by atoms with Crippen molar-refractivity contribution in [3.05, 3.63) is 35.9 Å². The van der Waals surface area contributed by atoms with Crippen LogP contribution in [0.3, 0.4) is 0 Å².